The summed E-state index contributed by atoms with van der Waals surface area (Å²) in [5.41, 5.74) is 0.633. The molecule has 0 aliphatic rings. The lowest BCUT2D eigenvalue weighted by atomic mass is 10.4. The zero-order valence-corrected chi connectivity index (χ0v) is 8.39. The van der Waals surface area contributed by atoms with E-state index in [0.717, 1.165) is 5.30 Å². The Morgan fingerprint density at radius 1 is 0.929 bits per heavy atom. The normalized spacial score (nSPS) is 11.0. The second-order valence-corrected chi connectivity index (χ2v) is 4.38. The largest absolute Gasteiger partial charge is 0.435 e. The molecule has 0 spiro atoms. The molecule has 0 aliphatic carbocycles. The van der Waals surface area contributed by atoms with E-state index in [2.05, 4.69) is 4.98 Å². The molecule has 0 aliphatic heterocycles. The lowest BCUT2D eigenvalue weighted by Gasteiger charge is -1.86. The van der Waals surface area contributed by atoms with Crippen molar-refractivity contribution < 1.29 is 4.57 Å². The van der Waals surface area contributed by atoms with Gasteiger partial charge in [-0.05, 0) is 18.2 Å². The van der Waals surface area contributed by atoms with Gasteiger partial charge in [0.15, 0.2) is 5.30 Å². The van der Waals surface area contributed by atoms with Crippen LogP contribution in [0.25, 0.3) is 0 Å². The SMILES string of the molecule is O=[P+](c1ccccc1)c1ccccn1. The highest BCUT2D eigenvalue weighted by molar-refractivity contribution is 7.61. The zero-order chi connectivity index (χ0) is 9.80. The Hall–Kier alpha value is -1.53. The number of benzene rings is 1. The van der Waals surface area contributed by atoms with E-state index >= 15 is 0 Å². The summed E-state index contributed by atoms with van der Waals surface area (Å²) in [7, 11) is -1.53. The van der Waals surface area contributed by atoms with Gasteiger partial charge in [0, 0.05) is 12.3 Å². The Balaban J connectivity index is 2.35. The predicted octanol–water partition coefficient (Wildman–Crippen LogP) is 1.86. The average molecular weight is 202 g/mol. The maximum absolute atomic E-state index is 11.9. The van der Waals surface area contributed by atoms with Crippen molar-refractivity contribution >= 4 is 18.5 Å². The summed E-state index contributed by atoms with van der Waals surface area (Å²) in [6, 6.07) is 14.8. The van der Waals surface area contributed by atoms with E-state index in [1.165, 1.54) is 0 Å². The van der Waals surface area contributed by atoms with Gasteiger partial charge in [0.05, 0.1) is 0 Å². The molecule has 1 aromatic heterocycles. The van der Waals surface area contributed by atoms with E-state index in [0.29, 0.717) is 5.44 Å². The molecule has 0 bridgehead atoms. The van der Waals surface area contributed by atoms with Crippen molar-refractivity contribution in [3.05, 3.63) is 54.7 Å². The number of aromatic nitrogens is 1. The summed E-state index contributed by atoms with van der Waals surface area (Å²) in [6.07, 6.45) is 1.66. The van der Waals surface area contributed by atoms with Gasteiger partial charge in [0.1, 0.15) is 0 Å². The molecular weight excluding hydrogens is 193 g/mol. The monoisotopic (exact) mass is 202 g/mol. The Morgan fingerprint density at radius 3 is 2.29 bits per heavy atom. The van der Waals surface area contributed by atoms with Gasteiger partial charge in [-0.1, -0.05) is 28.8 Å². The first kappa shape index (κ1) is 9.04. The standard InChI is InChI=1S/C11H9NOP/c13-14(10-6-2-1-3-7-10)11-8-4-5-9-12-11/h1-9H/q+1. The first-order chi connectivity index (χ1) is 6.88. The molecule has 2 rings (SSSR count). The molecule has 2 aromatic rings. The molecule has 0 amide bonds. The molecule has 3 heteroatoms. The van der Waals surface area contributed by atoms with Crippen LogP contribution in [0.5, 0.6) is 0 Å². The Kier molecular flexibility index (Phi) is 2.66. The second-order valence-electron chi connectivity index (χ2n) is 2.82. The minimum atomic E-state index is -1.53. The Bertz CT molecular complexity index is 386. The molecule has 1 heterocycles. The molecule has 68 valence electrons. The highest BCUT2D eigenvalue weighted by Crippen LogP contribution is 2.16. The molecule has 2 nitrogen and oxygen atoms in total. The summed E-state index contributed by atoms with van der Waals surface area (Å²) in [4.78, 5) is 4.07. The fourth-order valence-electron chi connectivity index (χ4n) is 1.17. The molecule has 0 N–H and O–H groups in total. The van der Waals surface area contributed by atoms with Gasteiger partial charge >= 0.3 is 7.80 Å². The van der Waals surface area contributed by atoms with Crippen LogP contribution in [0.2, 0.25) is 0 Å². The number of nitrogens with zero attached hydrogens (tertiary/aromatic N) is 1. The van der Waals surface area contributed by atoms with Gasteiger partial charge in [-0.15, -0.1) is 0 Å². The van der Waals surface area contributed by atoms with E-state index in [4.69, 9.17) is 0 Å². The number of rotatable bonds is 2. The van der Waals surface area contributed by atoms with Crippen LogP contribution in [0.3, 0.4) is 0 Å². The molecule has 1 aromatic carbocycles. The molecule has 0 saturated heterocycles. The van der Waals surface area contributed by atoms with Gasteiger partial charge in [-0.3, -0.25) is 0 Å². The highest BCUT2D eigenvalue weighted by atomic mass is 31.1. The van der Waals surface area contributed by atoms with Crippen molar-refractivity contribution in [2.75, 3.05) is 0 Å². The van der Waals surface area contributed by atoms with Gasteiger partial charge < -0.3 is 0 Å². The Morgan fingerprint density at radius 2 is 1.64 bits per heavy atom. The van der Waals surface area contributed by atoms with Crippen molar-refractivity contribution in [2.24, 2.45) is 0 Å². The number of pyridine rings is 1. The highest BCUT2D eigenvalue weighted by Gasteiger charge is 2.23. The second kappa shape index (κ2) is 4.12. The number of hydrogen-bond acceptors (Lipinski definition) is 2. The third-order valence-corrected chi connectivity index (χ3v) is 3.30. The van der Waals surface area contributed by atoms with Crippen molar-refractivity contribution in [3.63, 3.8) is 0 Å². The summed E-state index contributed by atoms with van der Waals surface area (Å²) < 4.78 is 11.9. The zero-order valence-electron chi connectivity index (χ0n) is 7.50. The first-order valence-electron chi connectivity index (χ1n) is 4.31. The van der Waals surface area contributed by atoms with Crippen molar-refractivity contribution in [1.82, 2.24) is 4.98 Å². The average Bonchev–Trinajstić information content (AvgIpc) is 2.30. The number of hydrogen-bond donors (Lipinski definition) is 0. The van der Waals surface area contributed by atoms with Crippen LogP contribution in [0, 0.1) is 0 Å². The topological polar surface area (TPSA) is 30.0 Å². The van der Waals surface area contributed by atoms with Crippen LogP contribution >= 0.6 is 7.80 Å². The third kappa shape index (κ3) is 1.86. The van der Waals surface area contributed by atoms with Crippen molar-refractivity contribution in [3.8, 4) is 0 Å². The van der Waals surface area contributed by atoms with Crippen molar-refractivity contribution in [1.29, 1.82) is 0 Å². The lowest BCUT2D eigenvalue weighted by molar-refractivity contribution is 0.597. The summed E-state index contributed by atoms with van der Waals surface area (Å²) in [5.74, 6) is 0. The van der Waals surface area contributed by atoms with Crippen LogP contribution in [0.15, 0.2) is 54.7 Å². The summed E-state index contributed by atoms with van der Waals surface area (Å²) in [5, 5.41) is 0.821. The molecule has 0 radical (unpaired) electrons. The van der Waals surface area contributed by atoms with E-state index in [9.17, 15) is 4.57 Å². The van der Waals surface area contributed by atoms with Gasteiger partial charge in [-0.2, -0.15) is 0 Å². The third-order valence-electron chi connectivity index (χ3n) is 1.85. The quantitative estimate of drug-likeness (QED) is 0.696. The lowest BCUT2D eigenvalue weighted by Crippen LogP contribution is -2.08. The van der Waals surface area contributed by atoms with E-state index in [-0.39, 0.29) is 0 Å². The van der Waals surface area contributed by atoms with Gasteiger partial charge in [-0.25, -0.2) is 4.98 Å². The van der Waals surface area contributed by atoms with E-state index < -0.39 is 7.80 Å². The smallest absolute Gasteiger partial charge is 0.212 e. The van der Waals surface area contributed by atoms with Crippen LogP contribution < -0.4 is 10.7 Å². The molecular formula is C11H9NOP+. The maximum atomic E-state index is 11.9. The fourth-order valence-corrected chi connectivity index (χ4v) is 2.27. The van der Waals surface area contributed by atoms with Crippen LogP contribution in [0.1, 0.15) is 0 Å². The van der Waals surface area contributed by atoms with Gasteiger partial charge in [0.2, 0.25) is 0 Å². The maximum Gasteiger partial charge on any atom is 0.435 e. The van der Waals surface area contributed by atoms with Gasteiger partial charge in [0.25, 0.3) is 5.44 Å². The minimum Gasteiger partial charge on any atom is -0.212 e. The molecule has 0 fully saturated rings. The molecule has 1 atom stereocenters. The summed E-state index contributed by atoms with van der Waals surface area (Å²) in [6.45, 7) is 0. The van der Waals surface area contributed by atoms with Crippen LogP contribution in [0.4, 0.5) is 0 Å². The van der Waals surface area contributed by atoms with Crippen LogP contribution in [-0.2, 0) is 4.57 Å². The van der Waals surface area contributed by atoms with Crippen molar-refractivity contribution in [2.45, 2.75) is 0 Å². The van der Waals surface area contributed by atoms with E-state index in [1.54, 1.807) is 12.3 Å². The molecule has 14 heavy (non-hydrogen) atoms. The van der Waals surface area contributed by atoms with E-state index in [1.807, 2.05) is 42.5 Å². The molecule has 1 unspecified atom stereocenters. The molecule has 0 saturated carbocycles. The van der Waals surface area contributed by atoms with Crippen LogP contribution in [-0.4, -0.2) is 4.98 Å². The fraction of sp³-hybridized carbons (Fsp3) is 0. The minimum absolute atomic E-state index is 0.633. The first-order valence-corrected chi connectivity index (χ1v) is 5.57. The predicted molar refractivity (Wildman–Crippen MR) is 57.6 cm³/mol. The Labute approximate surface area is 83.4 Å². The summed E-state index contributed by atoms with van der Waals surface area (Å²) >= 11 is 0.